The molecule has 2 atom stereocenters. The van der Waals surface area contributed by atoms with Gasteiger partial charge >= 0.3 is 0 Å². The Bertz CT molecular complexity index is 186. The van der Waals surface area contributed by atoms with Crippen LogP contribution in [0.2, 0.25) is 0 Å². The van der Waals surface area contributed by atoms with Gasteiger partial charge in [-0.2, -0.15) is 11.8 Å². The molecule has 0 saturated carbocycles. The van der Waals surface area contributed by atoms with Gasteiger partial charge in [-0.15, -0.1) is 0 Å². The maximum atomic E-state index is 11.6. The van der Waals surface area contributed by atoms with Crippen LogP contribution in [-0.4, -0.2) is 36.7 Å². The van der Waals surface area contributed by atoms with E-state index >= 15 is 0 Å². The zero-order valence-corrected chi connectivity index (χ0v) is 8.44. The first-order valence-electron chi connectivity index (χ1n) is 4.82. The van der Waals surface area contributed by atoms with Gasteiger partial charge in [-0.05, 0) is 18.6 Å². The summed E-state index contributed by atoms with van der Waals surface area (Å²) >= 11 is 1.92. The zero-order valence-electron chi connectivity index (χ0n) is 7.62. The largest absolute Gasteiger partial charge is 0.381 e. The second kappa shape index (κ2) is 4.33. The molecule has 0 bridgehead atoms. The van der Waals surface area contributed by atoms with E-state index in [0.29, 0.717) is 12.6 Å². The number of hydrogen-bond acceptors (Lipinski definition) is 3. The van der Waals surface area contributed by atoms with Gasteiger partial charge in [-0.1, -0.05) is 0 Å². The predicted molar refractivity (Wildman–Crippen MR) is 52.8 cm³/mol. The van der Waals surface area contributed by atoms with Gasteiger partial charge in [0.2, 0.25) is 5.91 Å². The second-order valence-corrected chi connectivity index (χ2v) is 4.78. The van der Waals surface area contributed by atoms with Crippen molar-refractivity contribution < 1.29 is 9.53 Å². The van der Waals surface area contributed by atoms with Crippen molar-refractivity contribution in [2.45, 2.75) is 18.9 Å². The van der Waals surface area contributed by atoms with E-state index < -0.39 is 0 Å². The minimum absolute atomic E-state index is 0.116. The summed E-state index contributed by atoms with van der Waals surface area (Å²) in [7, 11) is 0. The van der Waals surface area contributed by atoms with Crippen molar-refractivity contribution in [3.05, 3.63) is 0 Å². The van der Waals surface area contributed by atoms with Crippen LogP contribution in [0, 0.1) is 5.92 Å². The van der Waals surface area contributed by atoms with Crippen LogP contribution in [0.4, 0.5) is 0 Å². The standard InChI is InChI=1S/C9H15NO2S/c11-9(7-1-3-12-5-7)10-8-2-4-13-6-8/h7-8H,1-6H2,(H,10,11). The topological polar surface area (TPSA) is 38.3 Å². The second-order valence-electron chi connectivity index (χ2n) is 3.63. The number of hydrogen-bond donors (Lipinski definition) is 1. The van der Waals surface area contributed by atoms with Gasteiger partial charge in [0.1, 0.15) is 0 Å². The summed E-state index contributed by atoms with van der Waals surface area (Å²) in [6.45, 7) is 1.36. The molecule has 0 aromatic carbocycles. The normalized spacial score (nSPS) is 33.5. The molecule has 0 aliphatic carbocycles. The lowest BCUT2D eigenvalue weighted by atomic mass is 10.1. The average molecular weight is 201 g/mol. The Morgan fingerprint density at radius 2 is 2.38 bits per heavy atom. The lowest BCUT2D eigenvalue weighted by Crippen LogP contribution is -2.39. The predicted octanol–water partition coefficient (Wildman–Crippen LogP) is 0.645. The first-order chi connectivity index (χ1) is 6.36. The summed E-state index contributed by atoms with van der Waals surface area (Å²) in [6, 6.07) is 0.415. The Labute approximate surface area is 82.6 Å². The highest BCUT2D eigenvalue weighted by Gasteiger charge is 2.26. The van der Waals surface area contributed by atoms with E-state index in [9.17, 15) is 4.79 Å². The molecule has 2 unspecified atom stereocenters. The van der Waals surface area contributed by atoms with Crippen LogP contribution in [0.25, 0.3) is 0 Å². The molecule has 3 nitrogen and oxygen atoms in total. The van der Waals surface area contributed by atoms with E-state index in [0.717, 1.165) is 25.2 Å². The number of carbonyl (C=O) groups excluding carboxylic acids is 1. The molecule has 2 aliphatic heterocycles. The fourth-order valence-corrected chi connectivity index (χ4v) is 2.86. The number of thioether (sulfide) groups is 1. The fraction of sp³-hybridized carbons (Fsp3) is 0.889. The molecular weight excluding hydrogens is 186 g/mol. The molecule has 2 rings (SSSR count). The lowest BCUT2D eigenvalue weighted by Gasteiger charge is -2.14. The van der Waals surface area contributed by atoms with Crippen molar-refractivity contribution in [3.63, 3.8) is 0 Å². The van der Waals surface area contributed by atoms with E-state index in [1.54, 1.807) is 0 Å². The molecule has 1 amide bonds. The Hall–Kier alpha value is -0.220. The molecule has 0 radical (unpaired) electrons. The third-order valence-corrected chi connectivity index (χ3v) is 3.74. The number of nitrogens with one attached hydrogen (secondary N) is 1. The molecule has 0 spiro atoms. The molecule has 4 heteroatoms. The van der Waals surface area contributed by atoms with Crippen LogP contribution in [0.5, 0.6) is 0 Å². The van der Waals surface area contributed by atoms with Crippen LogP contribution in [0.1, 0.15) is 12.8 Å². The summed E-state index contributed by atoms with van der Waals surface area (Å²) in [5.41, 5.74) is 0. The van der Waals surface area contributed by atoms with Gasteiger partial charge in [0, 0.05) is 18.4 Å². The monoisotopic (exact) mass is 201 g/mol. The van der Waals surface area contributed by atoms with Crippen molar-refractivity contribution in [2.75, 3.05) is 24.7 Å². The van der Waals surface area contributed by atoms with Crippen molar-refractivity contribution in [1.29, 1.82) is 0 Å². The summed E-state index contributed by atoms with van der Waals surface area (Å²) in [4.78, 5) is 11.6. The average Bonchev–Trinajstić information content (AvgIpc) is 2.74. The van der Waals surface area contributed by atoms with E-state index in [1.165, 1.54) is 5.75 Å². The SMILES string of the molecule is O=C(NC1CCSC1)C1CCOC1. The molecule has 0 aromatic rings. The van der Waals surface area contributed by atoms with E-state index in [4.69, 9.17) is 4.74 Å². The highest BCUT2D eigenvalue weighted by molar-refractivity contribution is 7.99. The fourth-order valence-electron chi connectivity index (χ4n) is 1.71. The van der Waals surface area contributed by atoms with Crippen LogP contribution in [0.15, 0.2) is 0 Å². The van der Waals surface area contributed by atoms with Crippen LogP contribution < -0.4 is 5.32 Å². The number of rotatable bonds is 2. The van der Waals surface area contributed by atoms with Gasteiger partial charge < -0.3 is 10.1 Å². The molecule has 2 saturated heterocycles. The highest BCUT2D eigenvalue weighted by Crippen LogP contribution is 2.19. The number of ether oxygens (including phenoxy) is 1. The molecule has 2 aliphatic rings. The van der Waals surface area contributed by atoms with Gasteiger partial charge in [0.15, 0.2) is 0 Å². The minimum Gasteiger partial charge on any atom is -0.381 e. The maximum Gasteiger partial charge on any atom is 0.225 e. The molecule has 2 fully saturated rings. The Kier molecular flexibility index (Phi) is 3.11. The Morgan fingerprint density at radius 1 is 1.46 bits per heavy atom. The lowest BCUT2D eigenvalue weighted by molar-refractivity contribution is -0.125. The van der Waals surface area contributed by atoms with Crippen molar-refractivity contribution in [1.82, 2.24) is 5.32 Å². The number of amides is 1. The molecular formula is C9H15NO2S. The van der Waals surface area contributed by atoms with Gasteiger partial charge in [0.05, 0.1) is 12.5 Å². The summed E-state index contributed by atoms with van der Waals surface area (Å²) in [5.74, 6) is 2.58. The quantitative estimate of drug-likeness (QED) is 0.712. The Morgan fingerprint density at radius 3 is 3.00 bits per heavy atom. The minimum atomic E-state index is 0.116. The Balaban J connectivity index is 1.76. The van der Waals surface area contributed by atoms with Crippen molar-refractivity contribution >= 4 is 17.7 Å². The van der Waals surface area contributed by atoms with E-state index in [2.05, 4.69) is 5.32 Å². The van der Waals surface area contributed by atoms with Crippen LogP contribution >= 0.6 is 11.8 Å². The molecule has 0 aromatic heterocycles. The van der Waals surface area contributed by atoms with E-state index in [-0.39, 0.29) is 11.8 Å². The smallest absolute Gasteiger partial charge is 0.225 e. The summed E-state index contributed by atoms with van der Waals surface area (Å²) < 4.78 is 5.18. The zero-order chi connectivity index (χ0) is 9.10. The highest BCUT2D eigenvalue weighted by atomic mass is 32.2. The molecule has 74 valence electrons. The molecule has 2 heterocycles. The third-order valence-electron chi connectivity index (χ3n) is 2.58. The van der Waals surface area contributed by atoms with Crippen LogP contribution in [0.3, 0.4) is 0 Å². The maximum absolute atomic E-state index is 11.6. The first kappa shape index (κ1) is 9.34. The first-order valence-corrected chi connectivity index (χ1v) is 5.97. The molecule has 13 heavy (non-hydrogen) atoms. The summed E-state index contributed by atoms with van der Waals surface area (Å²) in [6.07, 6.45) is 2.02. The van der Waals surface area contributed by atoms with Crippen molar-refractivity contribution in [3.8, 4) is 0 Å². The van der Waals surface area contributed by atoms with E-state index in [1.807, 2.05) is 11.8 Å². The molecule has 1 N–H and O–H groups in total. The van der Waals surface area contributed by atoms with Gasteiger partial charge in [0.25, 0.3) is 0 Å². The summed E-state index contributed by atoms with van der Waals surface area (Å²) in [5, 5.41) is 3.08. The number of carbonyl (C=O) groups is 1. The van der Waals surface area contributed by atoms with Crippen molar-refractivity contribution in [2.24, 2.45) is 5.92 Å². The van der Waals surface area contributed by atoms with Crippen LogP contribution in [-0.2, 0) is 9.53 Å². The van der Waals surface area contributed by atoms with Gasteiger partial charge in [-0.25, -0.2) is 0 Å². The third kappa shape index (κ3) is 2.38. The van der Waals surface area contributed by atoms with Gasteiger partial charge in [-0.3, -0.25) is 4.79 Å².